The number of amides is 4. The highest BCUT2D eigenvalue weighted by Gasteiger charge is 2.35. The van der Waals surface area contributed by atoms with Gasteiger partial charge in [0, 0.05) is 42.7 Å². The van der Waals surface area contributed by atoms with Gasteiger partial charge in [0.15, 0.2) is 0 Å². The Bertz CT molecular complexity index is 2280. The molecule has 280 valence electrons. The third kappa shape index (κ3) is 8.10. The highest BCUT2D eigenvalue weighted by Crippen LogP contribution is 2.36. The fourth-order valence-electron chi connectivity index (χ4n) is 6.04. The van der Waals surface area contributed by atoms with E-state index in [0.717, 1.165) is 5.56 Å². The Labute approximate surface area is 324 Å². The molecule has 16 heteroatoms. The molecule has 0 spiro atoms. The standard InChI is InChI=1S/C21H19ClN4O3S.C17H20ClN5O/c1-2-25-19-16(13-26(21(25)27)18-11-7-6-10-17(18)22)12-23-20(24-19)30(28,29)14-15-8-4-3-5-9-15;1-4-22-15-12(9-19-16(21-15)20-11(2)3)10-23(17(22)24)14-8-6-5-7-13(14)18/h3-12H,2,13-14H2,1H3;5-9,11H,4,10H2,1-3H3,(H,19,20,21). The van der Waals surface area contributed by atoms with Crippen molar-refractivity contribution in [2.75, 3.05) is 38.0 Å². The summed E-state index contributed by atoms with van der Waals surface area (Å²) in [7, 11) is -3.76. The van der Waals surface area contributed by atoms with E-state index in [9.17, 15) is 18.0 Å². The minimum Gasteiger partial charge on any atom is -0.352 e. The topological polar surface area (TPSA) is 145 Å². The number of hydrogen-bond donors (Lipinski definition) is 1. The van der Waals surface area contributed by atoms with Crippen molar-refractivity contribution in [1.29, 1.82) is 0 Å². The van der Waals surface area contributed by atoms with Gasteiger partial charge in [0.2, 0.25) is 20.9 Å². The van der Waals surface area contributed by atoms with Gasteiger partial charge in [0.25, 0.3) is 0 Å². The van der Waals surface area contributed by atoms with Gasteiger partial charge < -0.3 is 5.32 Å². The number of nitrogens with one attached hydrogen (secondary N) is 1. The van der Waals surface area contributed by atoms with Crippen LogP contribution in [0.25, 0.3) is 0 Å². The molecular weight excluding hydrogens is 749 g/mol. The summed E-state index contributed by atoms with van der Waals surface area (Å²) in [5.74, 6) is 1.29. The largest absolute Gasteiger partial charge is 0.352 e. The van der Waals surface area contributed by atoms with Crippen molar-refractivity contribution in [3.05, 3.63) is 118 Å². The summed E-state index contributed by atoms with van der Waals surface area (Å²) in [6, 6.07) is 23.0. The Morgan fingerprint density at radius 2 is 1.19 bits per heavy atom. The predicted molar refractivity (Wildman–Crippen MR) is 212 cm³/mol. The number of sulfone groups is 1. The number of nitrogens with zero attached hydrogens (tertiary/aromatic N) is 8. The minimum atomic E-state index is -3.76. The van der Waals surface area contributed by atoms with Crippen molar-refractivity contribution in [3.63, 3.8) is 0 Å². The molecule has 0 unspecified atom stereocenters. The van der Waals surface area contributed by atoms with Gasteiger partial charge in [-0.3, -0.25) is 19.6 Å². The van der Waals surface area contributed by atoms with Crippen molar-refractivity contribution in [1.82, 2.24) is 19.9 Å². The number of carbonyl (C=O) groups excluding carboxylic acids is 2. The fraction of sp³-hybridized carbons (Fsp3) is 0.263. The second kappa shape index (κ2) is 16.4. The molecule has 5 aromatic rings. The lowest BCUT2D eigenvalue weighted by molar-refractivity contribution is 0.249. The molecule has 0 saturated heterocycles. The maximum absolute atomic E-state index is 13.1. The van der Waals surface area contributed by atoms with E-state index in [2.05, 4.69) is 25.3 Å². The average molecular weight is 789 g/mol. The summed E-state index contributed by atoms with van der Waals surface area (Å²) in [5, 5.41) is 3.88. The number of hydrogen-bond acceptors (Lipinski definition) is 9. The van der Waals surface area contributed by atoms with Crippen LogP contribution in [0.15, 0.2) is 96.4 Å². The SMILES string of the molecule is CCN1C(=O)N(c2ccccc2Cl)Cc2cnc(NC(C)C)nc21.CCN1C(=O)N(c2ccccc2Cl)Cc2cnc(S(=O)(=O)Cc3ccccc3)nc21. The Morgan fingerprint density at radius 1 is 0.704 bits per heavy atom. The molecule has 3 aromatic carbocycles. The Balaban J connectivity index is 0.000000189. The number of para-hydroxylation sites is 2. The number of benzene rings is 3. The molecule has 13 nitrogen and oxygen atoms in total. The van der Waals surface area contributed by atoms with Crippen LogP contribution in [0, 0.1) is 0 Å². The quantitative estimate of drug-likeness (QED) is 0.147. The molecule has 0 bridgehead atoms. The van der Waals surface area contributed by atoms with Crippen molar-refractivity contribution in [3.8, 4) is 0 Å². The summed E-state index contributed by atoms with van der Waals surface area (Å²) in [6.45, 7) is 9.21. The smallest absolute Gasteiger partial charge is 0.330 e. The summed E-state index contributed by atoms with van der Waals surface area (Å²) in [4.78, 5) is 49.6. The molecule has 0 atom stereocenters. The minimum absolute atomic E-state index is 0.132. The second-order valence-corrected chi connectivity index (χ2v) is 15.4. The number of anilines is 5. The van der Waals surface area contributed by atoms with Crippen molar-refractivity contribution >= 4 is 74.1 Å². The lowest BCUT2D eigenvalue weighted by atomic mass is 10.2. The molecule has 54 heavy (non-hydrogen) atoms. The number of halogens is 2. The summed E-state index contributed by atoms with van der Waals surface area (Å²) in [5.41, 5.74) is 3.46. The van der Waals surface area contributed by atoms with E-state index in [1.807, 2.05) is 45.0 Å². The number of urea groups is 2. The summed E-state index contributed by atoms with van der Waals surface area (Å²) < 4.78 is 25.7. The van der Waals surface area contributed by atoms with Gasteiger partial charge in [-0.1, -0.05) is 77.8 Å². The number of aromatic nitrogens is 4. The Morgan fingerprint density at radius 3 is 1.69 bits per heavy atom. The first-order valence-electron chi connectivity index (χ1n) is 17.3. The van der Waals surface area contributed by atoms with Crippen LogP contribution < -0.4 is 24.9 Å². The lowest BCUT2D eigenvalue weighted by Gasteiger charge is -2.36. The van der Waals surface area contributed by atoms with Gasteiger partial charge in [0.1, 0.15) is 11.6 Å². The maximum Gasteiger partial charge on any atom is 0.330 e. The van der Waals surface area contributed by atoms with Crippen molar-refractivity contribution < 1.29 is 18.0 Å². The van der Waals surface area contributed by atoms with E-state index >= 15 is 0 Å². The third-order valence-electron chi connectivity index (χ3n) is 8.57. The molecule has 7 rings (SSSR count). The van der Waals surface area contributed by atoms with Gasteiger partial charge in [-0.25, -0.2) is 33.0 Å². The van der Waals surface area contributed by atoms with Gasteiger partial charge >= 0.3 is 12.1 Å². The zero-order valence-electron chi connectivity index (χ0n) is 30.1. The molecule has 4 heterocycles. The van der Waals surface area contributed by atoms with Gasteiger partial charge in [-0.2, -0.15) is 4.98 Å². The van der Waals surface area contributed by atoms with Crippen LogP contribution in [0.1, 0.15) is 44.4 Å². The average Bonchev–Trinajstić information content (AvgIpc) is 3.15. The lowest BCUT2D eigenvalue weighted by Crippen LogP contribution is -2.48. The number of rotatable bonds is 9. The van der Waals surface area contributed by atoms with Crippen LogP contribution in [0.3, 0.4) is 0 Å². The molecule has 2 aliphatic heterocycles. The molecule has 2 aromatic heterocycles. The monoisotopic (exact) mass is 787 g/mol. The maximum atomic E-state index is 13.1. The highest BCUT2D eigenvalue weighted by atomic mass is 35.5. The van der Waals surface area contributed by atoms with E-state index in [0.29, 0.717) is 69.8 Å². The van der Waals surface area contributed by atoms with E-state index in [1.54, 1.807) is 77.5 Å². The first-order chi connectivity index (χ1) is 25.9. The van der Waals surface area contributed by atoms with Crippen LogP contribution in [-0.4, -0.2) is 59.5 Å². The zero-order chi connectivity index (χ0) is 38.6. The summed E-state index contributed by atoms with van der Waals surface area (Å²) >= 11 is 12.5. The van der Waals surface area contributed by atoms with Gasteiger partial charge in [-0.05, 0) is 57.5 Å². The van der Waals surface area contributed by atoms with E-state index in [4.69, 9.17) is 23.2 Å². The first kappa shape index (κ1) is 38.4. The van der Waals surface area contributed by atoms with E-state index in [-0.39, 0.29) is 35.6 Å². The van der Waals surface area contributed by atoms with Crippen molar-refractivity contribution in [2.24, 2.45) is 0 Å². The first-order valence-corrected chi connectivity index (χ1v) is 19.7. The number of carbonyl (C=O) groups is 2. The second-order valence-electron chi connectivity index (χ2n) is 12.7. The van der Waals surface area contributed by atoms with Crippen LogP contribution >= 0.6 is 23.2 Å². The van der Waals surface area contributed by atoms with Crippen molar-refractivity contribution in [2.45, 2.75) is 57.7 Å². The normalized spacial score (nSPS) is 14.1. The molecule has 0 saturated carbocycles. The molecule has 1 N–H and O–H groups in total. The highest BCUT2D eigenvalue weighted by molar-refractivity contribution is 7.90. The Hall–Kier alpha value is -5.31. The molecular formula is C38H39Cl2N9O4S. The molecule has 2 aliphatic rings. The fourth-order valence-corrected chi connectivity index (χ4v) is 7.72. The molecule has 0 fully saturated rings. The van der Waals surface area contributed by atoms with Crippen LogP contribution in [-0.2, 0) is 28.7 Å². The van der Waals surface area contributed by atoms with Crippen LogP contribution in [0.2, 0.25) is 10.0 Å². The summed E-state index contributed by atoms with van der Waals surface area (Å²) in [6.07, 6.45) is 3.24. The predicted octanol–water partition coefficient (Wildman–Crippen LogP) is 7.99. The zero-order valence-corrected chi connectivity index (χ0v) is 32.5. The molecule has 0 radical (unpaired) electrons. The van der Waals surface area contributed by atoms with Crippen LogP contribution in [0.4, 0.5) is 38.5 Å². The molecule has 0 aliphatic carbocycles. The van der Waals surface area contributed by atoms with Gasteiger partial charge in [-0.15, -0.1) is 0 Å². The van der Waals surface area contributed by atoms with E-state index < -0.39 is 9.84 Å². The third-order valence-corrected chi connectivity index (χ3v) is 10.7. The molecule has 4 amide bonds. The number of fused-ring (bicyclic) bond motifs is 2. The van der Waals surface area contributed by atoms with Gasteiger partial charge in [0.05, 0.1) is 40.3 Å². The van der Waals surface area contributed by atoms with Crippen LogP contribution in [0.5, 0.6) is 0 Å². The Kier molecular flexibility index (Phi) is 11.6. The van der Waals surface area contributed by atoms with E-state index in [1.165, 1.54) is 16.0 Å².